The number of carboxylic acids is 1. The van der Waals surface area contributed by atoms with Crippen LogP contribution < -0.4 is 4.74 Å². The van der Waals surface area contributed by atoms with E-state index in [1.807, 2.05) is 0 Å². The van der Waals surface area contributed by atoms with Gasteiger partial charge in [-0.3, -0.25) is 0 Å². The topological polar surface area (TPSA) is 99.4 Å². The predicted molar refractivity (Wildman–Crippen MR) is 145 cm³/mol. The van der Waals surface area contributed by atoms with Crippen molar-refractivity contribution in [2.45, 2.75) is 32.1 Å². The Morgan fingerprint density at radius 1 is 1.15 bits per heavy atom. The number of rotatable bonds is 9. The van der Waals surface area contributed by atoms with Gasteiger partial charge in [-0.1, -0.05) is 17.7 Å². The van der Waals surface area contributed by atoms with Gasteiger partial charge in [0.25, 0.3) is 0 Å². The van der Waals surface area contributed by atoms with E-state index < -0.39 is 23.4 Å². The molecule has 0 saturated carbocycles. The van der Waals surface area contributed by atoms with Crippen LogP contribution in [-0.2, 0) is 24.3 Å². The molecule has 0 amide bonds. The lowest BCUT2D eigenvalue weighted by Crippen LogP contribution is -2.31. The molecule has 1 saturated heterocycles. The Hall–Kier alpha value is -4.00. The maximum atomic E-state index is 15.4. The van der Waals surface area contributed by atoms with Crippen LogP contribution in [0.4, 0.5) is 13.2 Å². The first-order valence-electron chi connectivity index (χ1n) is 12.5. The molecule has 1 fully saturated rings. The third-order valence-electron chi connectivity index (χ3n) is 6.67. The SMILES string of the molecule is O=C(O)c1cc(F)c2nc(Cc3cc(F)c(-c4cccc(OCc5ncc(Cl)s5)n4)cc3F)n(CC3CCO3)c2c1. The number of ether oxygens (including phenoxy) is 2. The standard InChI is InChI=1S/C28H20ClF3N4O4S/c29-23-11-33-26(41-23)13-40-25-3-1-2-21(34-25)17-10-18(30)14(6-19(17)31)9-24-35-27-20(32)7-15(28(37)38)8-22(27)36(24)12-16-4-5-39-16/h1-3,6-8,10-11,16H,4-5,9,12-13H2,(H,37,38). The van der Waals surface area contributed by atoms with Crippen LogP contribution in [0.15, 0.2) is 48.7 Å². The Labute approximate surface area is 240 Å². The first-order valence-corrected chi connectivity index (χ1v) is 13.7. The van der Waals surface area contributed by atoms with E-state index in [-0.39, 0.29) is 70.8 Å². The average Bonchev–Trinajstić information content (AvgIpc) is 3.50. The van der Waals surface area contributed by atoms with Gasteiger partial charge in [-0.2, -0.15) is 0 Å². The van der Waals surface area contributed by atoms with Gasteiger partial charge in [0.2, 0.25) is 5.88 Å². The Morgan fingerprint density at radius 2 is 1.98 bits per heavy atom. The molecule has 210 valence electrons. The number of imidazole rings is 1. The van der Waals surface area contributed by atoms with Crippen LogP contribution in [0.1, 0.15) is 33.2 Å². The maximum Gasteiger partial charge on any atom is 0.335 e. The van der Waals surface area contributed by atoms with Crippen molar-refractivity contribution in [3.8, 4) is 17.1 Å². The Morgan fingerprint density at radius 3 is 2.68 bits per heavy atom. The lowest BCUT2D eigenvalue weighted by molar-refractivity contribution is -0.0589. The fraction of sp³-hybridized carbons (Fsp3) is 0.214. The quantitative estimate of drug-likeness (QED) is 0.212. The third-order valence-corrected chi connectivity index (χ3v) is 7.75. The van der Waals surface area contributed by atoms with Crippen molar-refractivity contribution >= 4 is 39.9 Å². The van der Waals surface area contributed by atoms with Crippen molar-refractivity contribution in [3.05, 3.63) is 92.4 Å². The normalized spacial score (nSPS) is 14.8. The molecule has 8 nitrogen and oxygen atoms in total. The number of aromatic carboxylic acids is 1. The number of halogens is 4. The summed E-state index contributed by atoms with van der Waals surface area (Å²) in [5.41, 5.74) is 0.0364. The molecule has 0 spiro atoms. The molecular formula is C28H20ClF3N4O4S. The number of benzene rings is 2. The molecule has 3 aromatic heterocycles. The summed E-state index contributed by atoms with van der Waals surface area (Å²) in [5, 5.41) is 10.0. The first kappa shape index (κ1) is 27.2. The van der Waals surface area contributed by atoms with Crippen LogP contribution in [0.25, 0.3) is 22.3 Å². The lowest BCUT2D eigenvalue weighted by atomic mass is 10.0. The van der Waals surface area contributed by atoms with Gasteiger partial charge >= 0.3 is 5.97 Å². The molecule has 1 unspecified atom stereocenters. The van der Waals surface area contributed by atoms with E-state index in [4.69, 9.17) is 21.1 Å². The number of pyridine rings is 1. The minimum Gasteiger partial charge on any atom is -0.478 e. The van der Waals surface area contributed by atoms with Crippen molar-refractivity contribution in [1.82, 2.24) is 19.5 Å². The molecule has 41 heavy (non-hydrogen) atoms. The van der Waals surface area contributed by atoms with E-state index in [1.54, 1.807) is 16.7 Å². The summed E-state index contributed by atoms with van der Waals surface area (Å²) in [6.07, 6.45) is 1.92. The number of fused-ring (bicyclic) bond motifs is 1. The van der Waals surface area contributed by atoms with Crippen molar-refractivity contribution in [1.29, 1.82) is 0 Å². The van der Waals surface area contributed by atoms with E-state index >= 15 is 8.78 Å². The maximum absolute atomic E-state index is 15.4. The van der Waals surface area contributed by atoms with Crippen LogP contribution in [0.3, 0.4) is 0 Å². The molecule has 0 bridgehead atoms. The molecule has 1 aliphatic heterocycles. The minimum absolute atomic E-state index is 0.00995. The van der Waals surface area contributed by atoms with E-state index in [0.717, 1.165) is 24.6 Å². The highest BCUT2D eigenvalue weighted by atomic mass is 35.5. The molecule has 13 heteroatoms. The number of carboxylic acid groups (broad SMARTS) is 1. The van der Waals surface area contributed by atoms with Gasteiger partial charge in [0, 0.05) is 24.7 Å². The van der Waals surface area contributed by atoms with Crippen LogP contribution in [-0.4, -0.2) is 43.3 Å². The van der Waals surface area contributed by atoms with Crippen molar-refractivity contribution in [2.24, 2.45) is 0 Å². The highest BCUT2D eigenvalue weighted by molar-refractivity contribution is 7.15. The summed E-state index contributed by atoms with van der Waals surface area (Å²) >= 11 is 7.15. The molecule has 6 rings (SSSR count). The molecule has 0 aliphatic carbocycles. The molecule has 0 radical (unpaired) electrons. The summed E-state index contributed by atoms with van der Waals surface area (Å²) < 4.78 is 58.8. The highest BCUT2D eigenvalue weighted by Gasteiger charge is 2.25. The van der Waals surface area contributed by atoms with Crippen molar-refractivity contribution in [2.75, 3.05) is 6.61 Å². The molecule has 5 aromatic rings. The summed E-state index contributed by atoms with van der Waals surface area (Å²) in [5.74, 6) is -3.09. The summed E-state index contributed by atoms with van der Waals surface area (Å²) in [6, 6.07) is 9.04. The summed E-state index contributed by atoms with van der Waals surface area (Å²) in [4.78, 5) is 24.3. The molecule has 1 N–H and O–H groups in total. The molecule has 1 aliphatic rings. The monoisotopic (exact) mass is 600 g/mol. The second-order valence-corrected chi connectivity index (χ2v) is 11.1. The largest absolute Gasteiger partial charge is 0.478 e. The summed E-state index contributed by atoms with van der Waals surface area (Å²) in [6.45, 7) is 0.952. The number of hydrogen-bond donors (Lipinski definition) is 1. The van der Waals surface area contributed by atoms with Crippen LogP contribution in [0.5, 0.6) is 5.88 Å². The summed E-state index contributed by atoms with van der Waals surface area (Å²) in [7, 11) is 0. The molecule has 2 aromatic carbocycles. The van der Waals surface area contributed by atoms with Crippen LogP contribution in [0.2, 0.25) is 4.34 Å². The van der Waals surface area contributed by atoms with Gasteiger partial charge in [-0.15, -0.1) is 11.3 Å². The zero-order chi connectivity index (χ0) is 28.7. The first-order chi connectivity index (χ1) is 19.7. The van der Waals surface area contributed by atoms with E-state index in [1.165, 1.54) is 29.7 Å². The highest BCUT2D eigenvalue weighted by Crippen LogP contribution is 2.30. The number of carbonyl (C=O) groups is 1. The van der Waals surface area contributed by atoms with E-state index in [9.17, 15) is 14.3 Å². The Kier molecular flexibility index (Phi) is 7.37. The van der Waals surface area contributed by atoms with Gasteiger partial charge in [0.05, 0.1) is 35.6 Å². The van der Waals surface area contributed by atoms with Gasteiger partial charge in [0.15, 0.2) is 5.82 Å². The zero-order valence-corrected chi connectivity index (χ0v) is 22.7. The van der Waals surface area contributed by atoms with Crippen LogP contribution in [0, 0.1) is 17.5 Å². The van der Waals surface area contributed by atoms with Gasteiger partial charge in [-0.25, -0.2) is 32.9 Å². The predicted octanol–water partition coefficient (Wildman–Crippen LogP) is 6.28. The number of nitrogens with zero attached hydrogens (tertiary/aromatic N) is 4. The molecule has 1 atom stereocenters. The Bertz CT molecular complexity index is 1790. The average molecular weight is 601 g/mol. The number of aromatic nitrogens is 4. The number of thiazole rings is 1. The second-order valence-electron chi connectivity index (χ2n) is 9.36. The van der Waals surface area contributed by atoms with Gasteiger partial charge in [-0.05, 0) is 42.3 Å². The smallest absolute Gasteiger partial charge is 0.335 e. The minimum atomic E-state index is -1.29. The van der Waals surface area contributed by atoms with Crippen molar-refractivity contribution < 1.29 is 32.5 Å². The van der Waals surface area contributed by atoms with Crippen LogP contribution >= 0.6 is 22.9 Å². The van der Waals surface area contributed by atoms with E-state index in [2.05, 4.69) is 15.0 Å². The fourth-order valence-electron chi connectivity index (χ4n) is 4.55. The van der Waals surface area contributed by atoms with Gasteiger partial charge in [0.1, 0.15) is 38.9 Å². The number of hydrogen-bond acceptors (Lipinski definition) is 7. The fourth-order valence-corrected chi connectivity index (χ4v) is 5.42. The zero-order valence-electron chi connectivity index (χ0n) is 21.1. The van der Waals surface area contributed by atoms with E-state index in [0.29, 0.717) is 16.0 Å². The molecule has 4 heterocycles. The Balaban J connectivity index is 1.30. The third kappa shape index (κ3) is 5.63. The second kappa shape index (κ2) is 11.1. The lowest BCUT2D eigenvalue weighted by Gasteiger charge is -2.27. The van der Waals surface area contributed by atoms with Gasteiger partial charge < -0.3 is 19.1 Å². The molecular weight excluding hydrogens is 581 g/mol. The van der Waals surface area contributed by atoms with Crippen molar-refractivity contribution in [3.63, 3.8) is 0 Å².